The van der Waals surface area contributed by atoms with Crippen LogP contribution < -0.4 is 10.1 Å². The second-order valence-corrected chi connectivity index (χ2v) is 5.29. The van der Waals surface area contributed by atoms with Crippen LogP contribution in [0.1, 0.15) is 17.2 Å². The van der Waals surface area contributed by atoms with Crippen LogP contribution in [0.15, 0.2) is 48.8 Å². The summed E-state index contributed by atoms with van der Waals surface area (Å²) < 4.78 is 5.53. The fourth-order valence-corrected chi connectivity index (χ4v) is 2.91. The average Bonchev–Trinajstić information content (AvgIpc) is 2.56. The summed E-state index contributed by atoms with van der Waals surface area (Å²) in [6.45, 7) is 3.91. The molecule has 2 heterocycles. The van der Waals surface area contributed by atoms with Gasteiger partial charge in [0.1, 0.15) is 5.75 Å². The molecule has 0 spiro atoms. The molecule has 1 aromatic heterocycles. The summed E-state index contributed by atoms with van der Waals surface area (Å²) in [6, 6.07) is 12.7. The maximum absolute atomic E-state index is 5.53. The lowest BCUT2D eigenvalue weighted by molar-refractivity contribution is 0.151. The second kappa shape index (κ2) is 6.70. The van der Waals surface area contributed by atoms with Crippen molar-refractivity contribution in [2.45, 2.75) is 12.6 Å². The Hall–Kier alpha value is -1.91. The lowest BCUT2D eigenvalue weighted by Gasteiger charge is -2.37. The Morgan fingerprint density at radius 1 is 1.29 bits per heavy atom. The minimum atomic E-state index is 0.329. The van der Waals surface area contributed by atoms with E-state index in [1.807, 2.05) is 30.6 Å². The van der Waals surface area contributed by atoms with Crippen molar-refractivity contribution in [2.75, 3.05) is 26.7 Å². The van der Waals surface area contributed by atoms with Crippen molar-refractivity contribution in [3.05, 3.63) is 59.9 Å². The number of nitrogens with one attached hydrogen (secondary N) is 1. The normalized spacial score (nSPS) is 19.4. The van der Waals surface area contributed by atoms with Crippen LogP contribution in [-0.2, 0) is 6.54 Å². The maximum atomic E-state index is 5.53. The molecule has 2 aromatic rings. The molecule has 1 fully saturated rings. The topological polar surface area (TPSA) is 37.4 Å². The van der Waals surface area contributed by atoms with Crippen LogP contribution in [0.2, 0.25) is 0 Å². The van der Waals surface area contributed by atoms with Gasteiger partial charge >= 0.3 is 0 Å². The number of hydrogen-bond acceptors (Lipinski definition) is 4. The number of pyridine rings is 1. The minimum absolute atomic E-state index is 0.329. The van der Waals surface area contributed by atoms with E-state index in [2.05, 4.69) is 33.4 Å². The second-order valence-electron chi connectivity index (χ2n) is 5.29. The summed E-state index contributed by atoms with van der Waals surface area (Å²) >= 11 is 0. The van der Waals surface area contributed by atoms with Crippen molar-refractivity contribution in [1.29, 1.82) is 0 Å². The monoisotopic (exact) mass is 283 g/mol. The predicted molar refractivity (Wildman–Crippen MR) is 83.3 cm³/mol. The molecule has 1 aliphatic heterocycles. The molecule has 4 heteroatoms. The SMILES string of the molecule is COc1ccccc1C1CNCCN1Cc1cccnc1. The first-order valence-corrected chi connectivity index (χ1v) is 7.35. The van der Waals surface area contributed by atoms with Gasteiger partial charge in [0.25, 0.3) is 0 Å². The molecule has 0 bridgehead atoms. The van der Waals surface area contributed by atoms with Gasteiger partial charge in [0.05, 0.1) is 13.2 Å². The summed E-state index contributed by atoms with van der Waals surface area (Å²) in [4.78, 5) is 6.71. The molecule has 4 nitrogen and oxygen atoms in total. The third-order valence-electron chi connectivity index (χ3n) is 3.96. The van der Waals surface area contributed by atoms with Crippen molar-refractivity contribution in [1.82, 2.24) is 15.2 Å². The molecule has 1 unspecified atom stereocenters. The van der Waals surface area contributed by atoms with E-state index in [1.165, 1.54) is 11.1 Å². The van der Waals surface area contributed by atoms with E-state index in [4.69, 9.17) is 4.74 Å². The van der Waals surface area contributed by atoms with Gasteiger partial charge in [-0.1, -0.05) is 24.3 Å². The smallest absolute Gasteiger partial charge is 0.123 e. The van der Waals surface area contributed by atoms with Gasteiger partial charge in [0.2, 0.25) is 0 Å². The summed E-state index contributed by atoms with van der Waals surface area (Å²) in [7, 11) is 1.74. The average molecular weight is 283 g/mol. The van der Waals surface area contributed by atoms with E-state index >= 15 is 0 Å². The fourth-order valence-electron chi connectivity index (χ4n) is 2.91. The minimum Gasteiger partial charge on any atom is -0.496 e. The quantitative estimate of drug-likeness (QED) is 0.934. The number of benzene rings is 1. The largest absolute Gasteiger partial charge is 0.496 e. The summed E-state index contributed by atoms with van der Waals surface area (Å²) in [5.41, 5.74) is 2.50. The molecule has 1 aromatic carbocycles. The van der Waals surface area contributed by atoms with Crippen LogP contribution in [-0.4, -0.2) is 36.6 Å². The zero-order valence-electron chi connectivity index (χ0n) is 12.3. The van der Waals surface area contributed by atoms with E-state index in [1.54, 1.807) is 7.11 Å². The molecule has 1 N–H and O–H groups in total. The summed E-state index contributed by atoms with van der Waals surface area (Å²) in [5.74, 6) is 0.961. The number of aromatic nitrogens is 1. The van der Waals surface area contributed by atoms with Gasteiger partial charge < -0.3 is 10.1 Å². The van der Waals surface area contributed by atoms with Crippen LogP contribution in [0.25, 0.3) is 0 Å². The van der Waals surface area contributed by atoms with Gasteiger partial charge in [-0.3, -0.25) is 9.88 Å². The Morgan fingerprint density at radius 2 is 2.19 bits per heavy atom. The Morgan fingerprint density at radius 3 is 3.00 bits per heavy atom. The van der Waals surface area contributed by atoms with Crippen molar-refractivity contribution in [2.24, 2.45) is 0 Å². The maximum Gasteiger partial charge on any atom is 0.123 e. The number of para-hydroxylation sites is 1. The number of hydrogen-bond donors (Lipinski definition) is 1. The molecule has 0 amide bonds. The lowest BCUT2D eigenvalue weighted by atomic mass is 10.0. The highest BCUT2D eigenvalue weighted by Gasteiger charge is 2.26. The zero-order valence-corrected chi connectivity index (χ0v) is 12.3. The molecule has 0 radical (unpaired) electrons. The standard InChI is InChI=1S/C17H21N3O/c1-21-17-7-3-2-6-15(17)16-12-19-9-10-20(16)13-14-5-4-8-18-11-14/h2-8,11,16,19H,9-10,12-13H2,1H3. The molecular weight excluding hydrogens is 262 g/mol. The number of nitrogens with zero attached hydrogens (tertiary/aromatic N) is 2. The van der Waals surface area contributed by atoms with Crippen molar-refractivity contribution in [3.63, 3.8) is 0 Å². The highest BCUT2D eigenvalue weighted by molar-refractivity contribution is 5.36. The van der Waals surface area contributed by atoms with Crippen molar-refractivity contribution < 1.29 is 4.74 Å². The molecule has 1 aliphatic rings. The predicted octanol–water partition coefficient (Wildman–Crippen LogP) is 2.24. The first kappa shape index (κ1) is 14.0. The van der Waals surface area contributed by atoms with Gasteiger partial charge in [-0.25, -0.2) is 0 Å². The first-order chi connectivity index (χ1) is 10.4. The van der Waals surface area contributed by atoms with Crippen LogP contribution in [0.4, 0.5) is 0 Å². The van der Waals surface area contributed by atoms with E-state index in [0.29, 0.717) is 6.04 Å². The number of methoxy groups -OCH3 is 1. The molecule has 21 heavy (non-hydrogen) atoms. The molecule has 0 aliphatic carbocycles. The van der Waals surface area contributed by atoms with Gasteiger partial charge in [-0.05, 0) is 17.7 Å². The van der Waals surface area contributed by atoms with E-state index in [0.717, 1.165) is 31.9 Å². The number of rotatable bonds is 4. The number of piperazine rings is 1. The summed E-state index contributed by atoms with van der Waals surface area (Å²) in [5, 5.41) is 3.49. The van der Waals surface area contributed by atoms with Gasteiger partial charge in [0.15, 0.2) is 0 Å². The Bertz CT molecular complexity index is 573. The third-order valence-corrected chi connectivity index (χ3v) is 3.96. The van der Waals surface area contributed by atoms with Crippen LogP contribution >= 0.6 is 0 Å². The van der Waals surface area contributed by atoms with Crippen LogP contribution in [0.5, 0.6) is 5.75 Å². The zero-order chi connectivity index (χ0) is 14.5. The van der Waals surface area contributed by atoms with Crippen molar-refractivity contribution >= 4 is 0 Å². The molecule has 110 valence electrons. The van der Waals surface area contributed by atoms with Gasteiger partial charge in [0, 0.05) is 44.1 Å². The van der Waals surface area contributed by atoms with Crippen molar-refractivity contribution in [3.8, 4) is 5.75 Å². The Labute approximate surface area is 125 Å². The lowest BCUT2D eigenvalue weighted by Crippen LogP contribution is -2.45. The Balaban J connectivity index is 1.84. The highest BCUT2D eigenvalue weighted by Crippen LogP contribution is 2.30. The fraction of sp³-hybridized carbons (Fsp3) is 0.353. The Kier molecular flexibility index (Phi) is 4.48. The molecule has 1 atom stereocenters. The van der Waals surface area contributed by atoms with E-state index in [-0.39, 0.29) is 0 Å². The van der Waals surface area contributed by atoms with Gasteiger partial charge in [-0.15, -0.1) is 0 Å². The van der Waals surface area contributed by atoms with E-state index in [9.17, 15) is 0 Å². The summed E-state index contributed by atoms with van der Waals surface area (Å²) in [6.07, 6.45) is 3.76. The molecule has 3 rings (SSSR count). The number of ether oxygens (including phenoxy) is 1. The third kappa shape index (κ3) is 3.23. The van der Waals surface area contributed by atoms with Crippen LogP contribution in [0, 0.1) is 0 Å². The van der Waals surface area contributed by atoms with Gasteiger partial charge in [-0.2, -0.15) is 0 Å². The first-order valence-electron chi connectivity index (χ1n) is 7.35. The highest BCUT2D eigenvalue weighted by atomic mass is 16.5. The van der Waals surface area contributed by atoms with E-state index < -0.39 is 0 Å². The molecule has 1 saturated heterocycles. The molecular formula is C17H21N3O. The molecule has 0 saturated carbocycles. The van der Waals surface area contributed by atoms with Crippen LogP contribution in [0.3, 0.4) is 0 Å².